The Hall–Kier alpha value is -0.230. The lowest BCUT2D eigenvalue weighted by Gasteiger charge is -2.02. The van der Waals surface area contributed by atoms with Crippen LogP contribution in [0.3, 0.4) is 0 Å². The Balaban J connectivity index is 2.02. The van der Waals surface area contributed by atoms with Gasteiger partial charge in [-0.2, -0.15) is 0 Å². The van der Waals surface area contributed by atoms with Crippen LogP contribution in [0.2, 0.25) is 4.34 Å². The van der Waals surface area contributed by atoms with E-state index in [1.165, 1.54) is 11.5 Å². The first kappa shape index (κ1) is 11.8. The monoisotopic (exact) mass is 236 g/mol. The predicted octanol–water partition coefficient (Wildman–Crippen LogP) is 2.13. The molecule has 0 N–H and O–H groups in total. The molecular formula is C8H13ClN2O2S. The maximum atomic E-state index is 5.78. The van der Waals surface area contributed by atoms with Crippen molar-refractivity contribution in [3.8, 4) is 0 Å². The molecule has 0 spiro atoms. The molecule has 0 saturated carbocycles. The summed E-state index contributed by atoms with van der Waals surface area (Å²) in [6.45, 7) is 4.44. The standard InChI is InChI=1S/C8H13ClN2O2S/c1-2-3-12-4-5-13-6-7-8(9)14-11-10-7/h2-6H2,1H3. The van der Waals surface area contributed by atoms with Crippen LogP contribution in [0.5, 0.6) is 0 Å². The fourth-order valence-corrected chi connectivity index (χ4v) is 1.42. The molecule has 80 valence electrons. The highest BCUT2D eigenvalue weighted by molar-refractivity contribution is 7.10. The molecule has 0 atom stereocenters. The van der Waals surface area contributed by atoms with Gasteiger partial charge in [-0.3, -0.25) is 0 Å². The number of rotatable bonds is 7. The van der Waals surface area contributed by atoms with Crippen LogP contribution in [0.4, 0.5) is 0 Å². The molecule has 0 saturated heterocycles. The zero-order chi connectivity index (χ0) is 10.2. The van der Waals surface area contributed by atoms with Gasteiger partial charge < -0.3 is 9.47 Å². The van der Waals surface area contributed by atoms with Gasteiger partial charge in [0.25, 0.3) is 0 Å². The molecule has 0 aliphatic carbocycles. The Bertz CT molecular complexity index is 257. The summed E-state index contributed by atoms with van der Waals surface area (Å²) in [6.07, 6.45) is 1.03. The van der Waals surface area contributed by atoms with Gasteiger partial charge in [0, 0.05) is 18.1 Å². The molecule has 6 heteroatoms. The van der Waals surface area contributed by atoms with E-state index >= 15 is 0 Å². The van der Waals surface area contributed by atoms with Gasteiger partial charge in [0.1, 0.15) is 10.0 Å². The minimum Gasteiger partial charge on any atom is -0.379 e. The van der Waals surface area contributed by atoms with Crippen molar-refractivity contribution in [3.63, 3.8) is 0 Å². The number of hydrogen-bond donors (Lipinski definition) is 0. The SMILES string of the molecule is CCCOCCOCc1nnsc1Cl. The molecule has 1 aromatic rings. The van der Waals surface area contributed by atoms with Gasteiger partial charge in [0.2, 0.25) is 0 Å². The van der Waals surface area contributed by atoms with Crippen LogP contribution in [0.25, 0.3) is 0 Å². The van der Waals surface area contributed by atoms with Gasteiger partial charge in [0.15, 0.2) is 0 Å². The Morgan fingerprint density at radius 3 is 2.71 bits per heavy atom. The third kappa shape index (κ3) is 4.32. The van der Waals surface area contributed by atoms with E-state index in [0.717, 1.165) is 13.0 Å². The Morgan fingerprint density at radius 2 is 2.07 bits per heavy atom. The second-order valence-corrected chi connectivity index (χ2v) is 4.01. The van der Waals surface area contributed by atoms with Crippen molar-refractivity contribution in [2.24, 2.45) is 0 Å². The van der Waals surface area contributed by atoms with Crippen LogP contribution in [0, 0.1) is 0 Å². The molecule has 0 radical (unpaired) electrons. The number of hydrogen-bond acceptors (Lipinski definition) is 5. The summed E-state index contributed by atoms with van der Waals surface area (Å²) in [6, 6.07) is 0. The second-order valence-electron chi connectivity index (χ2n) is 2.66. The quantitative estimate of drug-likeness (QED) is 0.681. The van der Waals surface area contributed by atoms with Crippen molar-refractivity contribution in [2.75, 3.05) is 19.8 Å². The zero-order valence-corrected chi connectivity index (χ0v) is 9.61. The molecule has 1 rings (SSSR count). The van der Waals surface area contributed by atoms with Crippen molar-refractivity contribution in [3.05, 3.63) is 10.0 Å². The van der Waals surface area contributed by atoms with Crippen molar-refractivity contribution >= 4 is 23.1 Å². The Kier molecular flexibility index (Phi) is 6.02. The van der Waals surface area contributed by atoms with Gasteiger partial charge in [-0.05, 0) is 6.42 Å². The normalized spacial score (nSPS) is 10.7. The van der Waals surface area contributed by atoms with E-state index in [1.54, 1.807) is 0 Å². The first-order valence-electron chi connectivity index (χ1n) is 4.46. The smallest absolute Gasteiger partial charge is 0.139 e. The maximum Gasteiger partial charge on any atom is 0.139 e. The molecule has 0 unspecified atom stereocenters. The van der Waals surface area contributed by atoms with Crippen LogP contribution in [-0.4, -0.2) is 29.4 Å². The van der Waals surface area contributed by atoms with Crippen molar-refractivity contribution in [1.29, 1.82) is 0 Å². The highest BCUT2D eigenvalue weighted by Crippen LogP contribution is 2.17. The van der Waals surface area contributed by atoms with Crippen LogP contribution >= 0.6 is 23.1 Å². The molecule has 0 bridgehead atoms. The molecule has 0 aliphatic rings. The van der Waals surface area contributed by atoms with Crippen molar-refractivity contribution in [1.82, 2.24) is 9.59 Å². The first-order valence-corrected chi connectivity index (χ1v) is 5.62. The van der Waals surface area contributed by atoms with E-state index in [2.05, 4.69) is 16.5 Å². The summed E-state index contributed by atoms with van der Waals surface area (Å²) < 4.78 is 14.8. The summed E-state index contributed by atoms with van der Waals surface area (Å²) in [5.74, 6) is 0. The van der Waals surface area contributed by atoms with E-state index in [1.807, 2.05) is 0 Å². The molecule has 4 nitrogen and oxygen atoms in total. The second kappa shape index (κ2) is 7.11. The fraction of sp³-hybridized carbons (Fsp3) is 0.750. The van der Waals surface area contributed by atoms with Gasteiger partial charge in [-0.1, -0.05) is 23.0 Å². The lowest BCUT2D eigenvalue weighted by Crippen LogP contribution is -2.05. The zero-order valence-electron chi connectivity index (χ0n) is 8.03. The molecule has 0 aromatic carbocycles. The van der Waals surface area contributed by atoms with Crippen LogP contribution in [0.15, 0.2) is 0 Å². The molecule has 14 heavy (non-hydrogen) atoms. The highest BCUT2D eigenvalue weighted by Gasteiger charge is 2.04. The minimum absolute atomic E-state index is 0.408. The topological polar surface area (TPSA) is 44.2 Å². The van der Waals surface area contributed by atoms with E-state index in [0.29, 0.717) is 29.9 Å². The summed E-state index contributed by atoms with van der Waals surface area (Å²) in [5.41, 5.74) is 0.701. The molecule has 0 amide bonds. The van der Waals surface area contributed by atoms with Gasteiger partial charge in [-0.25, -0.2) is 0 Å². The molecule has 1 heterocycles. The summed E-state index contributed by atoms with van der Waals surface area (Å²) >= 11 is 6.95. The molecule has 0 fully saturated rings. The maximum absolute atomic E-state index is 5.78. The average Bonchev–Trinajstić information content (AvgIpc) is 2.58. The number of halogens is 1. The Labute approximate surface area is 92.3 Å². The first-order chi connectivity index (χ1) is 6.84. The van der Waals surface area contributed by atoms with Crippen LogP contribution in [0.1, 0.15) is 19.0 Å². The van der Waals surface area contributed by atoms with E-state index in [9.17, 15) is 0 Å². The van der Waals surface area contributed by atoms with Gasteiger partial charge >= 0.3 is 0 Å². The summed E-state index contributed by atoms with van der Waals surface area (Å²) in [4.78, 5) is 0. The molecule has 0 aliphatic heterocycles. The van der Waals surface area contributed by atoms with Gasteiger partial charge in [0.05, 0.1) is 19.8 Å². The van der Waals surface area contributed by atoms with Crippen LogP contribution in [-0.2, 0) is 16.1 Å². The third-order valence-electron chi connectivity index (χ3n) is 1.47. The third-order valence-corrected chi connectivity index (χ3v) is 2.45. The largest absolute Gasteiger partial charge is 0.379 e. The number of ether oxygens (including phenoxy) is 2. The number of nitrogens with zero attached hydrogens (tertiary/aromatic N) is 2. The molecular weight excluding hydrogens is 224 g/mol. The van der Waals surface area contributed by atoms with E-state index in [-0.39, 0.29) is 0 Å². The van der Waals surface area contributed by atoms with E-state index < -0.39 is 0 Å². The minimum atomic E-state index is 0.408. The fourth-order valence-electron chi connectivity index (χ4n) is 0.816. The van der Waals surface area contributed by atoms with Crippen LogP contribution < -0.4 is 0 Å². The highest BCUT2D eigenvalue weighted by atomic mass is 35.5. The summed E-state index contributed by atoms with van der Waals surface area (Å²) in [7, 11) is 0. The molecule has 1 aromatic heterocycles. The Morgan fingerprint density at radius 1 is 1.29 bits per heavy atom. The summed E-state index contributed by atoms with van der Waals surface area (Å²) in [5, 5.41) is 3.82. The number of aromatic nitrogens is 2. The van der Waals surface area contributed by atoms with Gasteiger partial charge in [-0.15, -0.1) is 5.10 Å². The average molecular weight is 237 g/mol. The lowest BCUT2D eigenvalue weighted by molar-refractivity contribution is 0.0397. The predicted molar refractivity (Wildman–Crippen MR) is 55.7 cm³/mol. The van der Waals surface area contributed by atoms with E-state index in [4.69, 9.17) is 21.1 Å². The lowest BCUT2D eigenvalue weighted by atomic mass is 10.5. The van der Waals surface area contributed by atoms with Crippen molar-refractivity contribution < 1.29 is 9.47 Å². The van der Waals surface area contributed by atoms with Crippen molar-refractivity contribution in [2.45, 2.75) is 20.0 Å².